The zero-order chi connectivity index (χ0) is 15.6. The van der Waals surface area contributed by atoms with E-state index in [1.807, 2.05) is 0 Å². The van der Waals surface area contributed by atoms with Crippen molar-refractivity contribution in [3.8, 4) is 11.6 Å². The van der Waals surface area contributed by atoms with Gasteiger partial charge in [-0.2, -0.15) is 4.98 Å². The molecule has 0 saturated carbocycles. The number of para-hydroxylation sites is 1. The lowest BCUT2D eigenvalue weighted by Crippen LogP contribution is -2.09. The predicted molar refractivity (Wildman–Crippen MR) is 82.9 cm³/mol. The van der Waals surface area contributed by atoms with E-state index >= 15 is 0 Å². The fourth-order valence-electron chi connectivity index (χ4n) is 1.46. The number of nitrogens with zero attached hydrogens (tertiary/aromatic N) is 2. The van der Waals surface area contributed by atoms with Crippen LogP contribution in [0.3, 0.4) is 0 Å². The van der Waals surface area contributed by atoms with Gasteiger partial charge in [0.25, 0.3) is 0 Å². The number of halogens is 3. The summed E-state index contributed by atoms with van der Waals surface area (Å²) in [6.45, 7) is 0. The van der Waals surface area contributed by atoms with Crippen LogP contribution in [0.25, 0.3) is 0 Å². The highest BCUT2D eigenvalue weighted by Gasteiger charge is 2.21. The molecule has 1 aromatic carbocycles. The van der Waals surface area contributed by atoms with Crippen molar-refractivity contribution in [2.75, 3.05) is 5.43 Å². The fourth-order valence-corrected chi connectivity index (χ4v) is 2.35. The summed E-state index contributed by atoms with van der Waals surface area (Å²) < 4.78 is 5.83. The Morgan fingerprint density at radius 3 is 2.71 bits per heavy atom. The van der Waals surface area contributed by atoms with Gasteiger partial charge in [0, 0.05) is 6.07 Å². The number of nitrogens with two attached hydrogens (primary N) is 1. The third-order valence-electron chi connectivity index (χ3n) is 2.38. The Bertz CT molecular complexity index is 714. The average molecular weight is 394 g/mol. The summed E-state index contributed by atoms with van der Waals surface area (Å²) in [4.78, 5) is 14.4. The van der Waals surface area contributed by atoms with Gasteiger partial charge in [0.05, 0.1) is 14.4 Å². The highest BCUT2D eigenvalue weighted by molar-refractivity contribution is 9.10. The van der Waals surface area contributed by atoms with Crippen LogP contribution in [0.15, 0.2) is 28.7 Å². The summed E-state index contributed by atoms with van der Waals surface area (Å²) in [5.74, 6) is 5.30. The molecule has 1 heterocycles. The number of anilines is 1. The Morgan fingerprint density at radius 2 is 2.10 bits per heavy atom. The van der Waals surface area contributed by atoms with Crippen molar-refractivity contribution >= 4 is 50.6 Å². The molecule has 0 bridgehead atoms. The summed E-state index contributed by atoms with van der Waals surface area (Å²) in [5.41, 5.74) is 2.04. The summed E-state index contributed by atoms with van der Waals surface area (Å²) in [5, 5.41) is 11.3. The number of hydrogen-bond donors (Lipinski definition) is 2. The Morgan fingerprint density at radius 1 is 1.38 bits per heavy atom. The number of benzene rings is 1. The van der Waals surface area contributed by atoms with E-state index in [0.29, 0.717) is 4.47 Å². The lowest BCUT2D eigenvalue weighted by Gasteiger charge is -2.11. The van der Waals surface area contributed by atoms with Crippen LogP contribution in [0.2, 0.25) is 10.0 Å². The zero-order valence-corrected chi connectivity index (χ0v) is 13.2. The summed E-state index contributed by atoms with van der Waals surface area (Å²) in [7, 11) is 0. The van der Waals surface area contributed by atoms with Crippen LogP contribution in [-0.2, 0) is 0 Å². The van der Waals surface area contributed by atoms with E-state index in [2.05, 4.69) is 26.3 Å². The van der Waals surface area contributed by atoms with Crippen molar-refractivity contribution in [3.05, 3.63) is 48.9 Å². The highest BCUT2D eigenvalue weighted by Crippen LogP contribution is 2.40. The molecule has 0 spiro atoms. The predicted octanol–water partition coefficient (Wildman–Crippen LogP) is 4.14. The number of nitrogen functional groups attached to an aromatic ring is 1. The molecule has 110 valence electrons. The quantitative estimate of drug-likeness (QED) is 0.459. The van der Waals surface area contributed by atoms with Gasteiger partial charge in [0.1, 0.15) is 5.02 Å². The molecule has 2 aromatic rings. The van der Waals surface area contributed by atoms with Gasteiger partial charge in [-0.25, -0.2) is 5.84 Å². The second-order valence-corrected chi connectivity index (χ2v) is 5.37. The zero-order valence-electron chi connectivity index (χ0n) is 10.1. The number of hydrazine groups is 1. The third-order valence-corrected chi connectivity index (χ3v) is 3.56. The minimum absolute atomic E-state index is 0.0257. The molecule has 0 aliphatic rings. The van der Waals surface area contributed by atoms with Gasteiger partial charge in [-0.1, -0.05) is 29.3 Å². The molecular weight excluding hydrogens is 387 g/mol. The van der Waals surface area contributed by atoms with Crippen molar-refractivity contribution < 1.29 is 9.66 Å². The van der Waals surface area contributed by atoms with Crippen molar-refractivity contribution in [2.24, 2.45) is 5.84 Å². The van der Waals surface area contributed by atoms with E-state index in [-0.39, 0.29) is 33.2 Å². The Labute approximate surface area is 137 Å². The maximum absolute atomic E-state index is 11.0. The molecule has 7 nitrogen and oxygen atoms in total. The van der Waals surface area contributed by atoms with Crippen LogP contribution < -0.4 is 16.0 Å². The van der Waals surface area contributed by atoms with Crippen LogP contribution >= 0.6 is 39.1 Å². The SMILES string of the molecule is NNc1nc(Oc2c(Br)cccc2[N+](=O)[O-])c(Cl)cc1Cl. The van der Waals surface area contributed by atoms with Crippen molar-refractivity contribution in [1.82, 2.24) is 4.98 Å². The van der Waals surface area contributed by atoms with Crippen molar-refractivity contribution in [2.45, 2.75) is 0 Å². The van der Waals surface area contributed by atoms with Gasteiger partial charge < -0.3 is 10.2 Å². The molecule has 0 aliphatic heterocycles. The van der Waals surface area contributed by atoms with Crippen LogP contribution in [0.4, 0.5) is 11.5 Å². The number of nitrogens with one attached hydrogen (secondary N) is 1. The van der Waals surface area contributed by atoms with Gasteiger partial charge in [0.2, 0.25) is 11.6 Å². The molecule has 0 fully saturated rings. The molecule has 1 aromatic heterocycles. The number of hydrogen-bond acceptors (Lipinski definition) is 6. The standard InChI is InChI=1S/C11H7BrCl2N4O3/c12-5-2-1-3-8(18(19)20)9(5)21-11-7(14)4-6(13)10(16-11)17-15/h1-4H,15H2,(H,16,17). The van der Waals surface area contributed by atoms with Gasteiger partial charge in [-0.15, -0.1) is 0 Å². The molecule has 3 N–H and O–H groups in total. The van der Waals surface area contributed by atoms with Crippen molar-refractivity contribution in [1.29, 1.82) is 0 Å². The number of rotatable bonds is 4. The Balaban J connectivity index is 2.50. The maximum Gasteiger partial charge on any atom is 0.312 e. The van der Waals surface area contributed by atoms with E-state index in [0.717, 1.165) is 0 Å². The van der Waals surface area contributed by atoms with Crippen LogP contribution in [0, 0.1) is 10.1 Å². The minimum Gasteiger partial charge on any atom is -0.429 e. The molecular formula is C11H7BrCl2N4O3. The second kappa shape index (κ2) is 6.44. The minimum atomic E-state index is -0.577. The number of nitro benzene ring substituents is 1. The molecule has 0 atom stereocenters. The number of aromatic nitrogens is 1. The van der Waals surface area contributed by atoms with Gasteiger partial charge in [-0.05, 0) is 28.1 Å². The number of nitro groups is 1. The normalized spacial score (nSPS) is 10.3. The topological polar surface area (TPSA) is 103 Å². The van der Waals surface area contributed by atoms with E-state index in [9.17, 15) is 10.1 Å². The first-order valence-corrected chi connectivity index (χ1v) is 6.92. The summed E-state index contributed by atoms with van der Waals surface area (Å²) in [6, 6.07) is 5.77. The molecule has 10 heteroatoms. The Hall–Kier alpha value is -1.61. The Kier molecular flexibility index (Phi) is 4.84. The van der Waals surface area contributed by atoms with Gasteiger partial charge in [0.15, 0.2) is 5.82 Å². The number of pyridine rings is 1. The monoisotopic (exact) mass is 392 g/mol. The van der Waals surface area contributed by atoms with E-state index in [1.54, 1.807) is 6.07 Å². The van der Waals surface area contributed by atoms with Crippen LogP contribution in [0.5, 0.6) is 11.6 Å². The molecule has 21 heavy (non-hydrogen) atoms. The molecule has 0 radical (unpaired) electrons. The average Bonchev–Trinajstić information content (AvgIpc) is 2.43. The van der Waals surface area contributed by atoms with Crippen LogP contribution in [-0.4, -0.2) is 9.91 Å². The summed E-state index contributed by atoms with van der Waals surface area (Å²) in [6.07, 6.45) is 0. The molecule has 0 amide bonds. The van der Waals surface area contributed by atoms with E-state index in [4.69, 9.17) is 33.8 Å². The van der Waals surface area contributed by atoms with E-state index in [1.165, 1.54) is 18.2 Å². The first-order valence-electron chi connectivity index (χ1n) is 5.37. The first-order chi connectivity index (χ1) is 9.93. The summed E-state index contributed by atoms with van der Waals surface area (Å²) >= 11 is 15.0. The third kappa shape index (κ3) is 3.35. The van der Waals surface area contributed by atoms with Crippen LogP contribution in [0.1, 0.15) is 0 Å². The highest BCUT2D eigenvalue weighted by atomic mass is 79.9. The number of ether oxygens (including phenoxy) is 1. The lowest BCUT2D eigenvalue weighted by molar-refractivity contribution is -0.385. The van der Waals surface area contributed by atoms with Crippen molar-refractivity contribution in [3.63, 3.8) is 0 Å². The molecule has 0 unspecified atom stereocenters. The van der Waals surface area contributed by atoms with Gasteiger partial charge in [-0.3, -0.25) is 10.1 Å². The smallest absolute Gasteiger partial charge is 0.312 e. The second-order valence-electron chi connectivity index (χ2n) is 3.70. The first kappa shape index (κ1) is 15.8. The largest absolute Gasteiger partial charge is 0.429 e. The van der Waals surface area contributed by atoms with Gasteiger partial charge >= 0.3 is 5.69 Å². The molecule has 0 saturated heterocycles. The maximum atomic E-state index is 11.0. The molecule has 2 rings (SSSR count). The van der Waals surface area contributed by atoms with E-state index < -0.39 is 4.92 Å². The molecule has 0 aliphatic carbocycles. The lowest BCUT2D eigenvalue weighted by atomic mass is 10.3. The fraction of sp³-hybridized carbons (Fsp3) is 0.